The van der Waals surface area contributed by atoms with E-state index in [0.29, 0.717) is 12.3 Å². The lowest BCUT2D eigenvalue weighted by molar-refractivity contribution is -0.127. The Labute approximate surface area is 130 Å². The number of carbonyl (C=O) groups is 1. The number of rotatable bonds is 5. The Balaban J connectivity index is 1.84. The molecule has 2 aromatic carbocycles. The Bertz CT molecular complexity index is 593. The van der Waals surface area contributed by atoms with Crippen molar-refractivity contribution in [3.8, 4) is 0 Å². The first-order valence-corrected chi connectivity index (χ1v) is 7.81. The van der Waals surface area contributed by atoms with Gasteiger partial charge in [0.2, 0.25) is 5.91 Å². The van der Waals surface area contributed by atoms with Gasteiger partial charge in [0.15, 0.2) is 0 Å². The topological polar surface area (TPSA) is 46.3 Å². The van der Waals surface area contributed by atoms with Crippen molar-refractivity contribution in [2.24, 2.45) is 0 Å². The molecule has 0 unspecified atom stereocenters. The summed E-state index contributed by atoms with van der Waals surface area (Å²) >= 11 is 1.53. The van der Waals surface area contributed by atoms with Crippen LogP contribution in [0.4, 0.5) is 5.69 Å². The fraction of sp³-hybridized carbons (Fsp3) is 0.235. The number of nitrogens with two attached hydrogens (primary N) is 1. The van der Waals surface area contributed by atoms with E-state index in [2.05, 4.69) is 31.2 Å². The van der Waals surface area contributed by atoms with Crippen LogP contribution >= 0.6 is 11.8 Å². The maximum atomic E-state index is 12.1. The third-order valence-corrected chi connectivity index (χ3v) is 4.21. The number of hydrogen-bond acceptors (Lipinski definition) is 3. The summed E-state index contributed by atoms with van der Waals surface area (Å²) in [6.07, 6.45) is 0. The van der Waals surface area contributed by atoms with E-state index in [0.717, 1.165) is 16.1 Å². The van der Waals surface area contributed by atoms with Gasteiger partial charge in [-0.3, -0.25) is 4.79 Å². The molecule has 0 radical (unpaired) electrons. The molecule has 0 atom stereocenters. The molecular weight excluding hydrogens is 280 g/mol. The Morgan fingerprint density at radius 2 is 1.71 bits per heavy atom. The van der Waals surface area contributed by atoms with Gasteiger partial charge in [-0.1, -0.05) is 29.8 Å². The lowest BCUT2D eigenvalue weighted by Crippen LogP contribution is -2.27. The molecule has 0 aliphatic heterocycles. The Hall–Kier alpha value is -1.94. The van der Waals surface area contributed by atoms with Crippen LogP contribution in [0.5, 0.6) is 0 Å². The molecule has 110 valence electrons. The molecule has 2 N–H and O–H groups in total. The van der Waals surface area contributed by atoms with E-state index in [1.165, 1.54) is 17.3 Å². The van der Waals surface area contributed by atoms with E-state index >= 15 is 0 Å². The lowest BCUT2D eigenvalue weighted by atomic mass is 10.1. The molecule has 2 rings (SSSR count). The van der Waals surface area contributed by atoms with Crippen molar-refractivity contribution in [1.29, 1.82) is 0 Å². The molecule has 4 heteroatoms. The van der Waals surface area contributed by atoms with Crippen LogP contribution in [0.15, 0.2) is 53.4 Å². The molecule has 0 aliphatic carbocycles. The second-order valence-corrected chi connectivity index (χ2v) is 6.14. The van der Waals surface area contributed by atoms with Crippen molar-refractivity contribution >= 4 is 23.4 Å². The van der Waals surface area contributed by atoms with Crippen molar-refractivity contribution in [3.63, 3.8) is 0 Å². The summed E-state index contributed by atoms with van der Waals surface area (Å²) in [5, 5.41) is 0. The maximum Gasteiger partial charge on any atom is 0.232 e. The number of thioether (sulfide) groups is 1. The van der Waals surface area contributed by atoms with Crippen molar-refractivity contribution < 1.29 is 4.79 Å². The SMILES string of the molecule is Cc1ccc(CN(C)C(=O)CSc2ccc(N)cc2)cc1. The molecule has 3 nitrogen and oxygen atoms in total. The summed E-state index contributed by atoms with van der Waals surface area (Å²) in [5.41, 5.74) is 8.76. The van der Waals surface area contributed by atoms with Crippen LogP contribution in [-0.4, -0.2) is 23.6 Å². The molecule has 0 saturated heterocycles. The van der Waals surface area contributed by atoms with Gasteiger partial charge < -0.3 is 10.6 Å². The van der Waals surface area contributed by atoms with Crippen LogP contribution < -0.4 is 5.73 Å². The van der Waals surface area contributed by atoms with Gasteiger partial charge in [0.25, 0.3) is 0 Å². The number of carbonyl (C=O) groups excluding carboxylic acids is 1. The fourth-order valence-electron chi connectivity index (χ4n) is 1.87. The Morgan fingerprint density at radius 3 is 2.33 bits per heavy atom. The third-order valence-electron chi connectivity index (χ3n) is 3.21. The minimum absolute atomic E-state index is 0.123. The van der Waals surface area contributed by atoms with Gasteiger partial charge >= 0.3 is 0 Å². The zero-order valence-electron chi connectivity index (χ0n) is 12.4. The predicted octanol–water partition coefficient (Wildman–Crippen LogP) is 3.33. The summed E-state index contributed by atoms with van der Waals surface area (Å²) < 4.78 is 0. The van der Waals surface area contributed by atoms with Crippen molar-refractivity contribution in [1.82, 2.24) is 4.90 Å². The summed E-state index contributed by atoms with van der Waals surface area (Å²) in [4.78, 5) is 15.0. The highest BCUT2D eigenvalue weighted by atomic mass is 32.2. The summed E-state index contributed by atoms with van der Waals surface area (Å²) in [5.74, 6) is 0.559. The first-order chi connectivity index (χ1) is 10.0. The number of nitrogens with zero attached hydrogens (tertiary/aromatic N) is 1. The maximum absolute atomic E-state index is 12.1. The molecule has 0 spiro atoms. The van der Waals surface area contributed by atoms with E-state index in [4.69, 9.17) is 5.73 Å². The van der Waals surface area contributed by atoms with E-state index in [9.17, 15) is 4.79 Å². The van der Waals surface area contributed by atoms with Crippen molar-refractivity contribution in [2.75, 3.05) is 18.5 Å². The van der Waals surface area contributed by atoms with Gasteiger partial charge in [-0.2, -0.15) is 0 Å². The third kappa shape index (κ3) is 4.83. The van der Waals surface area contributed by atoms with Crippen LogP contribution in [0.1, 0.15) is 11.1 Å². The minimum atomic E-state index is 0.123. The van der Waals surface area contributed by atoms with E-state index in [-0.39, 0.29) is 5.91 Å². The van der Waals surface area contributed by atoms with Gasteiger partial charge in [0.05, 0.1) is 5.75 Å². The Kier molecular flexibility index (Phi) is 5.28. The first-order valence-electron chi connectivity index (χ1n) is 6.82. The molecule has 0 heterocycles. The average Bonchev–Trinajstić information content (AvgIpc) is 2.48. The minimum Gasteiger partial charge on any atom is -0.399 e. The second-order valence-electron chi connectivity index (χ2n) is 5.09. The molecule has 0 bridgehead atoms. The number of benzene rings is 2. The molecule has 0 saturated carbocycles. The van der Waals surface area contributed by atoms with Gasteiger partial charge in [0.1, 0.15) is 0 Å². The smallest absolute Gasteiger partial charge is 0.232 e. The van der Waals surface area contributed by atoms with E-state index in [1.54, 1.807) is 4.90 Å². The van der Waals surface area contributed by atoms with E-state index < -0.39 is 0 Å². The summed E-state index contributed by atoms with van der Waals surface area (Å²) in [7, 11) is 1.84. The standard InChI is InChI=1S/C17H20N2OS/c1-13-3-5-14(6-4-13)11-19(2)17(20)12-21-16-9-7-15(18)8-10-16/h3-10H,11-12,18H2,1-2H3. The molecule has 0 aliphatic rings. The van der Waals surface area contributed by atoms with Crippen LogP contribution in [0.3, 0.4) is 0 Å². The molecule has 0 aromatic heterocycles. The zero-order valence-corrected chi connectivity index (χ0v) is 13.2. The quantitative estimate of drug-likeness (QED) is 0.680. The Morgan fingerprint density at radius 1 is 1.10 bits per heavy atom. The van der Waals surface area contributed by atoms with Crippen molar-refractivity contribution in [3.05, 3.63) is 59.7 Å². The summed E-state index contributed by atoms with van der Waals surface area (Å²) in [6.45, 7) is 2.70. The normalized spacial score (nSPS) is 10.4. The number of anilines is 1. The lowest BCUT2D eigenvalue weighted by Gasteiger charge is -2.17. The zero-order chi connectivity index (χ0) is 15.2. The van der Waals surface area contributed by atoms with Crippen LogP contribution in [0, 0.1) is 6.92 Å². The highest BCUT2D eigenvalue weighted by Crippen LogP contribution is 2.19. The number of amides is 1. The molecule has 0 fully saturated rings. The number of nitrogen functional groups attached to an aromatic ring is 1. The van der Waals surface area contributed by atoms with Crippen molar-refractivity contribution in [2.45, 2.75) is 18.4 Å². The van der Waals surface area contributed by atoms with Gasteiger partial charge in [0, 0.05) is 24.2 Å². The largest absolute Gasteiger partial charge is 0.399 e. The number of hydrogen-bond donors (Lipinski definition) is 1. The predicted molar refractivity (Wildman–Crippen MR) is 89.2 cm³/mol. The fourth-order valence-corrected chi connectivity index (χ4v) is 2.71. The molecule has 2 aromatic rings. The van der Waals surface area contributed by atoms with E-state index in [1.807, 2.05) is 31.3 Å². The van der Waals surface area contributed by atoms with Gasteiger partial charge in [-0.25, -0.2) is 0 Å². The molecule has 21 heavy (non-hydrogen) atoms. The summed E-state index contributed by atoms with van der Waals surface area (Å²) in [6, 6.07) is 15.8. The average molecular weight is 300 g/mol. The monoisotopic (exact) mass is 300 g/mol. The highest BCUT2D eigenvalue weighted by molar-refractivity contribution is 8.00. The number of aryl methyl sites for hydroxylation is 1. The van der Waals surface area contributed by atoms with Gasteiger partial charge in [-0.05, 0) is 36.8 Å². The van der Waals surface area contributed by atoms with Gasteiger partial charge in [-0.15, -0.1) is 11.8 Å². The molecular formula is C17H20N2OS. The van der Waals surface area contributed by atoms with Crippen LogP contribution in [0.2, 0.25) is 0 Å². The highest BCUT2D eigenvalue weighted by Gasteiger charge is 2.09. The molecule has 1 amide bonds. The van der Waals surface area contributed by atoms with Crippen LogP contribution in [-0.2, 0) is 11.3 Å². The first kappa shape index (κ1) is 15.4. The van der Waals surface area contributed by atoms with Crippen LogP contribution in [0.25, 0.3) is 0 Å². The second kappa shape index (κ2) is 7.18.